The predicted molar refractivity (Wildman–Crippen MR) is 48.5 cm³/mol. The molecule has 1 heterocycles. The number of amides is 1. The van der Waals surface area contributed by atoms with Crippen LogP contribution in [0.2, 0.25) is 0 Å². The summed E-state index contributed by atoms with van der Waals surface area (Å²) in [7, 11) is 0. The van der Waals surface area contributed by atoms with Crippen molar-refractivity contribution in [2.75, 3.05) is 19.8 Å². The largest absolute Gasteiger partial charge is 0.449 e. The van der Waals surface area contributed by atoms with E-state index in [1.165, 1.54) is 0 Å². The first kappa shape index (κ1) is 10.3. The molecule has 0 aromatic rings. The molecular weight excluding hydrogens is 170 g/mol. The van der Waals surface area contributed by atoms with Gasteiger partial charge in [0.2, 0.25) is 0 Å². The number of rotatable bonds is 3. The minimum atomic E-state index is -0.332. The number of nitrogens with one attached hydrogen (secondary N) is 1. The quantitative estimate of drug-likeness (QED) is 0.721. The van der Waals surface area contributed by atoms with Crippen LogP contribution in [0.15, 0.2) is 0 Å². The van der Waals surface area contributed by atoms with Crippen molar-refractivity contribution in [3.63, 3.8) is 0 Å². The van der Waals surface area contributed by atoms with Crippen LogP contribution in [0.1, 0.15) is 20.3 Å². The molecule has 76 valence electrons. The van der Waals surface area contributed by atoms with Crippen molar-refractivity contribution in [1.82, 2.24) is 5.32 Å². The number of carbonyl (C=O) groups is 1. The number of carbonyl (C=O) groups excluding carboxylic acids is 1. The lowest BCUT2D eigenvalue weighted by atomic mass is 10.1. The van der Waals surface area contributed by atoms with Gasteiger partial charge in [0.15, 0.2) is 0 Å². The van der Waals surface area contributed by atoms with E-state index in [-0.39, 0.29) is 12.1 Å². The van der Waals surface area contributed by atoms with E-state index in [0.29, 0.717) is 12.5 Å². The van der Waals surface area contributed by atoms with Gasteiger partial charge in [0.1, 0.15) is 0 Å². The highest BCUT2D eigenvalue weighted by molar-refractivity contribution is 5.67. The summed E-state index contributed by atoms with van der Waals surface area (Å²) in [6.45, 7) is 5.78. The van der Waals surface area contributed by atoms with Crippen molar-refractivity contribution in [3.05, 3.63) is 0 Å². The lowest BCUT2D eigenvalue weighted by Gasteiger charge is -2.11. The zero-order valence-corrected chi connectivity index (χ0v) is 8.21. The van der Waals surface area contributed by atoms with E-state index >= 15 is 0 Å². The van der Waals surface area contributed by atoms with Gasteiger partial charge in [-0.2, -0.15) is 0 Å². The lowest BCUT2D eigenvalue weighted by Crippen LogP contribution is -2.32. The second-order valence-electron chi connectivity index (χ2n) is 3.63. The maximum atomic E-state index is 11.0. The molecule has 13 heavy (non-hydrogen) atoms. The molecule has 1 atom stereocenters. The summed E-state index contributed by atoms with van der Waals surface area (Å²) in [5.74, 6) is 0.387. The van der Waals surface area contributed by atoms with Gasteiger partial charge >= 0.3 is 6.09 Å². The van der Waals surface area contributed by atoms with E-state index in [2.05, 4.69) is 5.32 Å². The molecule has 0 aliphatic carbocycles. The predicted octanol–water partition coefficient (Wildman–Crippen LogP) is 1.16. The highest BCUT2D eigenvalue weighted by atomic mass is 16.6. The Labute approximate surface area is 78.6 Å². The van der Waals surface area contributed by atoms with Gasteiger partial charge in [-0.05, 0) is 20.3 Å². The summed E-state index contributed by atoms with van der Waals surface area (Å²) < 4.78 is 10.2. The molecule has 1 saturated heterocycles. The van der Waals surface area contributed by atoms with E-state index in [4.69, 9.17) is 9.47 Å². The molecule has 1 amide bonds. The highest BCUT2D eigenvalue weighted by Crippen LogP contribution is 2.12. The lowest BCUT2D eigenvalue weighted by molar-refractivity contribution is 0.115. The molecule has 1 aliphatic heterocycles. The van der Waals surface area contributed by atoms with E-state index in [9.17, 15) is 4.79 Å². The smallest absolute Gasteiger partial charge is 0.407 e. The minimum absolute atomic E-state index is 0.132. The molecule has 1 N–H and O–H groups in total. The fourth-order valence-corrected chi connectivity index (χ4v) is 1.19. The van der Waals surface area contributed by atoms with Crippen molar-refractivity contribution in [1.29, 1.82) is 0 Å². The van der Waals surface area contributed by atoms with Crippen LogP contribution in [0.25, 0.3) is 0 Å². The van der Waals surface area contributed by atoms with Gasteiger partial charge in [-0.15, -0.1) is 0 Å². The second kappa shape index (κ2) is 5.07. The summed E-state index contributed by atoms with van der Waals surface area (Å²) in [4.78, 5) is 11.0. The third-order valence-corrected chi connectivity index (χ3v) is 1.88. The first-order valence-corrected chi connectivity index (χ1v) is 4.69. The Bertz CT molecular complexity index is 164. The number of hydrogen-bond acceptors (Lipinski definition) is 3. The summed E-state index contributed by atoms with van der Waals surface area (Å²) in [6, 6.07) is 0.132. The molecule has 0 aromatic heterocycles. The Morgan fingerprint density at radius 1 is 1.69 bits per heavy atom. The molecule has 4 nitrogen and oxygen atoms in total. The van der Waals surface area contributed by atoms with Gasteiger partial charge in [0.25, 0.3) is 0 Å². The Morgan fingerprint density at radius 3 is 3.00 bits per heavy atom. The van der Waals surface area contributed by atoms with Crippen molar-refractivity contribution >= 4 is 6.09 Å². The summed E-state index contributed by atoms with van der Waals surface area (Å²) >= 11 is 0. The van der Waals surface area contributed by atoms with Crippen LogP contribution in [-0.2, 0) is 9.47 Å². The van der Waals surface area contributed by atoms with Gasteiger partial charge < -0.3 is 14.8 Å². The molecule has 1 aliphatic rings. The Hall–Kier alpha value is -0.770. The van der Waals surface area contributed by atoms with Crippen LogP contribution in [0.4, 0.5) is 4.79 Å². The van der Waals surface area contributed by atoms with E-state index < -0.39 is 0 Å². The molecule has 0 spiro atoms. The fourth-order valence-electron chi connectivity index (χ4n) is 1.19. The molecule has 0 bridgehead atoms. The van der Waals surface area contributed by atoms with Crippen molar-refractivity contribution in [2.24, 2.45) is 5.92 Å². The van der Waals surface area contributed by atoms with Crippen molar-refractivity contribution in [2.45, 2.75) is 26.3 Å². The fraction of sp³-hybridized carbons (Fsp3) is 0.889. The van der Waals surface area contributed by atoms with E-state index in [1.54, 1.807) is 0 Å². The molecule has 0 radical (unpaired) electrons. The molecule has 4 heteroatoms. The minimum Gasteiger partial charge on any atom is -0.449 e. The summed E-state index contributed by atoms with van der Waals surface area (Å²) in [5.41, 5.74) is 0. The zero-order valence-electron chi connectivity index (χ0n) is 8.21. The standard InChI is InChI=1S/C9H17NO3/c1-7(2)10-9(11)13-6-8-3-4-12-5-8/h7-8H,3-6H2,1-2H3,(H,10,11). The van der Waals surface area contributed by atoms with Crippen LogP contribution in [0, 0.1) is 5.92 Å². The van der Waals surface area contributed by atoms with Gasteiger partial charge in [0, 0.05) is 18.6 Å². The summed E-state index contributed by atoms with van der Waals surface area (Å²) in [5, 5.41) is 2.66. The topological polar surface area (TPSA) is 47.6 Å². The van der Waals surface area contributed by atoms with Gasteiger partial charge in [0.05, 0.1) is 13.2 Å². The molecule has 1 rings (SSSR count). The van der Waals surface area contributed by atoms with Crippen LogP contribution in [0.5, 0.6) is 0 Å². The maximum absolute atomic E-state index is 11.0. The van der Waals surface area contributed by atoms with Crippen LogP contribution < -0.4 is 5.32 Å². The number of hydrogen-bond donors (Lipinski definition) is 1. The average molecular weight is 187 g/mol. The Balaban J connectivity index is 2.07. The van der Waals surface area contributed by atoms with Crippen molar-refractivity contribution < 1.29 is 14.3 Å². The first-order valence-electron chi connectivity index (χ1n) is 4.69. The third-order valence-electron chi connectivity index (χ3n) is 1.88. The number of alkyl carbamates (subject to hydrolysis) is 1. The molecule has 1 fully saturated rings. The van der Waals surface area contributed by atoms with Gasteiger partial charge in [-0.1, -0.05) is 0 Å². The molecule has 1 unspecified atom stereocenters. The van der Waals surface area contributed by atoms with Gasteiger partial charge in [-0.3, -0.25) is 0 Å². The van der Waals surface area contributed by atoms with Gasteiger partial charge in [-0.25, -0.2) is 4.79 Å². The Kier molecular flexibility index (Phi) is 4.02. The normalized spacial score (nSPS) is 21.9. The summed E-state index contributed by atoms with van der Waals surface area (Å²) in [6.07, 6.45) is 0.663. The van der Waals surface area contributed by atoms with E-state index in [1.807, 2.05) is 13.8 Å². The second-order valence-corrected chi connectivity index (χ2v) is 3.63. The SMILES string of the molecule is CC(C)NC(=O)OCC1CCOC1. The average Bonchev–Trinajstić information content (AvgIpc) is 2.51. The van der Waals surface area contributed by atoms with Crippen LogP contribution in [0.3, 0.4) is 0 Å². The van der Waals surface area contributed by atoms with Crippen LogP contribution in [-0.4, -0.2) is 32.0 Å². The van der Waals surface area contributed by atoms with Crippen LogP contribution >= 0.6 is 0 Å². The number of ether oxygens (including phenoxy) is 2. The van der Waals surface area contributed by atoms with Crippen molar-refractivity contribution in [3.8, 4) is 0 Å². The monoisotopic (exact) mass is 187 g/mol. The third kappa shape index (κ3) is 4.12. The molecule has 0 saturated carbocycles. The molecule has 0 aromatic carbocycles. The first-order chi connectivity index (χ1) is 6.18. The maximum Gasteiger partial charge on any atom is 0.407 e. The van der Waals surface area contributed by atoms with E-state index in [0.717, 1.165) is 19.6 Å². The zero-order chi connectivity index (χ0) is 9.68. The Morgan fingerprint density at radius 2 is 2.46 bits per heavy atom. The highest BCUT2D eigenvalue weighted by Gasteiger charge is 2.17. The molecular formula is C9H17NO3.